The van der Waals surface area contributed by atoms with Crippen LogP contribution in [0.25, 0.3) is 10.8 Å². The maximum absolute atomic E-state index is 12.9. The molecule has 0 saturated heterocycles. The lowest BCUT2D eigenvalue weighted by atomic mass is 10.00. The summed E-state index contributed by atoms with van der Waals surface area (Å²) in [5, 5.41) is 8.49. The van der Waals surface area contributed by atoms with Crippen LogP contribution in [0, 0.1) is 5.92 Å². The van der Waals surface area contributed by atoms with Crippen molar-refractivity contribution in [2.75, 3.05) is 0 Å². The molecule has 0 radical (unpaired) electrons. The second-order valence-corrected chi connectivity index (χ2v) is 7.92. The van der Waals surface area contributed by atoms with Gasteiger partial charge in [-0.1, -0.05) is 74.0 Å². The van der Waals surface area contributed by atoms with Crippen LogP contribution in [0.4, 0.5) is 0 Å². The van der Waals surface area contributed by atoms with E-state index in [0.717, 1.165) is 16.3 Å². The number of rotatable bonds is 6. The van der Waals surface area contributed by atoms with Gasteiger partial charge in [0.25, 0.3) is 5.91 Å². The van der Waals surface area contributed by atoms with Gasteiger partial charge in [0.15, 0.2) is 0 Å². The fourth-order valence-electron chi connectivity index (χ4n) is 3.26. The van der Waals surface area contributed by atoms with E-state index >= 15 is 0 Å². The summed E-state index contributed by atoms with van der Waals surface area (Å²) in [7, 11) is 0. The van der Waals surface area contributed by atoms with Crippen LogP contribution < -0.4 is 10.6 Å². The fraction of sp³-hybridized carbons (Fsp3) is 0.250. The van der Waals surface area contributed by atoms with Crippen molar-refractivity contribution in [2.45, 2.75) is 32.9 Å². The Morgan fingerprint density at radius 1 is 0.828 bits per heavy atom. The molecule has 0 aliphatic heterocycles. The van der Waals surface area contributed by atoms with Gasteiger partial charge >= 0.3 is 0 Å². The molecule has 3 aromatic rings. The number of hydrogen-bond acceptors (Lipinski definition) is 2. The molecule has 0 heterocycles. The van der Waals surface area contributed by atoms with Gasteiger partial charge in [-0.2, -0.15) is 0 Å². The summed E-state index contributed by atoms with van der Waals surface area (Å²) in [6, 6.07) is 20.2. The molecule has 2 unspecified atom stereocenters. The normalized spacial score (nSPS) is 13.1. The van der Waals surface area contributed by atoms with Gasteiger partial charge in [0, 0.05) is 0 Å². The van der Waals surface area contributed by atoms with Crippen LogP contribution in [0.15, 0.2) is 66.7 Å². The van der Waals surface area contributed by atoms with Crippen LogP contribution in [0.5, 0.6) is 0 Å². The number of benzene rings is 3. The van der Waals surface area contributed by atoms with Crippen molar-refractivity contribution in [3.05, 3.63) is 82.9 Å². The highest BCUT2D eigenvalue weighted by Gasteiger charge is 2.26. The van der Waals surface area contributed by atoms with E-state index in [1.807, 2.05) is 51.1 Å². The lowest BCUT2D eigenvalue weighted by molar-refractivity contribution is -0.124. The van der Waals surface area contributed by atoms with Gasteiger partial charge in [-0.15, -0.1) is 0 Å². The summed E-state index contributed by atoms with van der Waals surface area (Å²) < 4.78 is 0. The first-order valence-corrected chi connectivity index (χ1v) is 10.1. The fourth-order valence-corrected chi connectivity index (χ4v) is 3.48. The first kappa shape index (κ1) is 20.9. The van der Waals surface area contributed by atoms with Crippen LogP contribution in [-0.2, 0) is 4.79 Å². The molecule has 0 bridgehead atoms. The van der Waals surface area contributed by atoms with Crippen molar-refractivity contribution in [1.29, 1.82) is 0 Å². The van der Waals surface area contributed by atoms with E-state index in [-0.39, 0.29) is 23.8 Å². The van der Waals surface area contributed by atoms with Crippen molar-refractivity contribution in [3.63, 3.8) is 0 Å². The second kappa shape index (κ2) is 9.10. The topological polar surface area (TPSA) is 58.2 Å². The van der Waals surface area contributed by atoms with Crippen LogP contribution in [-0.4, -0.2) is 17.9 Å². The maximum atomic E-state index is 12.9. The molecule has 0 spiro atoms. The molecule has 29 heavy (non-hydrogen) atoms. The molecule has 0 fully saturated rings. The third-order valence-corrected chi connectivity index (χ3v) is 5.32. The lowest BCUT2D eigenvalue weighted by Crippen LogP contribution is -2.50. The monoisotopic (exact) mass is 408 g/mol. The Labute approximate surface area is 176 Å². The molecule has 150 valence electrons. The molecule has 2 amide bonds. The van der Waals surface area contributed by atoms with Crippen molar-refractivity contribution in [3.8, 4) is 0 Å². The molecule has 0 aromatic heterocycles. The molecule has 4 nitrogen and oxygen atoms in total. The highest BCUT2D eigenvalue weighted by atomic mass is 35.5. The highest BCUT2D eigenvalue weighted by Crippen LogP contribution is 2.21. The SMILES string of the molecule is CC(NC(=O)C(NC(=O)c1ccccc1Cl)C(C)C)c1ccc2ccccc2c1. The molecule has 3 aromatic carbocycles. The average molecular weight is 409 g/mol. The Hall–Kier alpha value is -2.85. The Morgan fingerprint density at radius 3 is 2.17 bits per heavy atom. The van der Waals surface area contributed by atoms with E-state index in [0.29, 0.717) is 10.6 Å². The lowest BCUT2D eigenvalue weighted by Gasteiger charge is -2.24. The molecule has 3 rings (SSSR count). The predicted molar refractivity (Wildman–Crippen MR) is 118 cm³/mol. The summed E-state index contributed by atoms with van der Waals surface area (Å²) in [5.74, 6) is -0.658. The van der Waals surface area contributed by atoms with Crippen LogP contribution in [0.2, 0.25) is 5.02 Å². The number of nitrogens with one attached hydrogen (secondary N) is 2. The number of carbonyl (C=O) groups is 2. The van der Waals surface area contributed by atoms with Crippen molar-refractivity contribution >= 4 is 34.2 Å². The quantitative estimate of drug-likeness (QED) is 0.594. The van der Waals surface area contributed by atoms with E-state index in [9.17, 15) is 9.59 Å². The van der Waals surface area contributed by atoms with Gasteiger partial charge < -0.3 is 10.6 Å². The summed E-state index contributed by atoms with van der Waals surface area (Å²) in [6.07, 6.45) is 0. The van der Waals surface area contributed by atoms with Crippen molar-refractivity contribution in [1.82, 2.24) is 10.6 Å². The largest absolute Gasteiger partial charge is 0.348 e. The zero-order valence-electron chi connectivity index (χ0n) is 16.8. The Bertz CT molecular complexity index is 1030. The van der Waals surface area contributed by atoms with E-state index in [2.05, 4.69) is 22.8 Å². The number of fused-ring (bicyclic) bond motifs is 1. The Balaban J connectivity index is 1.73. The number of amides is 2. The molecule has 2 N–H and O–H groups in total. The molecule has 2 atom stereocenters. The summed E-state index contributed by atoms with van der Waals surface area (Å²) >= 11 is 6.11. The molecule has 0 aliphatic carbocycles. The number of carbonyl (C=O) groups excluding carboxylic acids is 2. The standard InChI is InChI=1S/C24H25ClN2O2/c1-15(2)22(27-23(28)20-10-6-7-11-21(20)25)24(29)26-16(3)18-13-12-17-8-4-5-9-19(17)14-18/h4-16,22H,1-3H3,(H,26,29)(H,27,28). The second-order valence-electron chi connectivity index (χ2n) is 7.51. The summed E-state index contributed by atoms with van der Waals surface area (Å²) in [4.78, 5) is 25.5. The summed E-state index contributed by atoms with van der Waals surface area (Å²) in [6.45, 7) is 5.74. The van der Waals surface area contributed by atoms with Crippen LogP contribution in [0.3, 0.4) is 0 Å². The molecular weight excluding hydrogens is 384 g/mol. The molecule has 5 heteroatoms. The van der Waals surface area contributed by atoms with Crippen molar-refractivity contribution < 1.29 is 9.59 Å². The Morgan fingerprint density at radius 2 is 1.48 bits per heavy atom. The molecule has 0 saturated carbocycles. The van der Waals surface area contributed by atoms with Gasteiger partial charge in [-0.05, 0) is 47.4 Å². The van der Waals surface area contributed by atoms with Crippen LogP contribution in [0.1, 0.15) is 42.7 Å². The smallest absolute Gasteiger partial charge is 0.253 e. The van der Waals surface area contributed by atoms with Gasteiger partial charge in [0.1, 0.15) is 6.04 Å². The maximum Gasteiger partial charge on any atom is 0.253 e. The minimum Gasteiger partial charge on any atom is -0.348 e. The zero-order valence-corrected chi connectivity index (χ0v) is 17.5. The highest BCUT2D eigenvalue weighted by molar-refractivity contribution is 6.33. The van der Waals surface area contributed by atoms with E-state index in [1.165, 1.54) is 0 Å². The van der Waals surface area contributed by atoms with E-state index in [4.69, 9.17) is 11.6 Å². The molecular formula is C24H25ClN2O2. The number of hydrogen-bond donors (Lipinski definition) is 2. The predicted octanol–water partition coefficient (Wildman–Crippen LogP) is 5.13. The van der Waals surface area contributed by atoms with E-state index < -0.39 is 6.04 Å². The zero-order chi connectivity index (χ0) is 21.0. The van der Waals surface area contributed by atoms with Crippen LogP contribution >= 0.6 is 11.6 Å². The van der Waals surface area contributed by atoms with Gasteiger partial charge in [0.05, 0.1) is 16.6 Å². The Kier molecular flexibility index (Phi) is 6.55. The minimum absolute atomic E-state index is 0.0785. The van der Waals surface area contributed by atoms with Gasteiger partial charge in [-0.3, -0.25) is 9.59 Å². The first-order valence-electron chi connectivity index (χ1n) is 9.71. The van der Waals surface area contributed by atoms with Crippen molar-refractivity contribution in [2.24, 2.45) is 5.92 Å². The number of halogens is 1. The average Bonchev–Trinajstić information content (AvgIpc) is 2.71. The third kappa shape index (κ3) is 4.96. The molecule has 0 aliphatic rings. The van der Waals surface area contributed by atoms with E-state index in [1.54, 1.807) is 24.3 Å². The first-order chi connectivity index (χ1) is 13.9. The minimum atomic E-state index is -0.665. The van der Waals surface area contributed by atoms with Gasteiger partial charge in [0.2, 0.25) is 5.91 Å². The van der Waals surface area contributed by atoms with Gasteiger partial charge in [-0.25, -0.2) is 0 Å². The summed E-state index contributed by atoms with van der Waals surface area (Å²) in [5.41, 5.74) is 1.37. The third-order valence-electron chi connectivity index (χ3n) is 4.99.